The Morgan fingerprint density at radius 2 is 1.06 bits per heavy atom. The van der Waals surface area contributed by atoms with Crippen LogP contribution in [0.15, 0.2) is 91.0 Å². The first-order valence-corrected chi connectivity index (χ1v) is 12.3. The number of rotatable bonds is 5. The van der Waals surface area contributed by atoms with Gasteiger partial charge in [0.2, 0.25) is 0 Å². The van der Waals surface area contributed by atoms with Gasteiger partial charge in [-0.25, -0.2) is 9.59 Å². The summed E-state index contributed by atoms with van der Waals surface area (Å²) >= 11 is 0. The van der Waals surface area contributed by atoms with Crippen molar-refractivity contribution in [1.29, 1.82) is 0 Å². The zero-order chi connectivity index (χ0) is 23.1. The zero-order valence-electron chi connectivity index (χ0n) is 19.0. The van der Waals surface area contributed by atoms with Crippen LogP contribution < -0.4 is 0 Å². The Labute approximate surface area is 199 Å². The summed E-state index contributed by atoms with van der Waals surface area (Å²) < 4.78 is 12.5. The normalized spacial score (nSPS) is 31.1. The molecule has 7 unspecified atom stereocenters. The average molecular weight is 453 g/mol. The summed E-state index contributed by atoms with van der Waals surface area (Å²) in [5, 5.41) is 0. The molecule has 0 aliphatic heterocycles. The Bertz CT molecular complexity index is 1160. The first-order chi connectivity index (χ1) is 16.7. The molecule has 2 bridgehead atoms. The van der Waals surface area contributed by atoms with E-state index in [4.69, 9.17) is 9.47 Å². The highest BCUT2D eigenvalue weighted by Crippen LogP contribution is 2.64. The molecule has 4 heteroatoms. The Balaban J connectivity index is 1.39. The maximum atomic E-state index is 13.2. The SMILES string of the molecule is O=C(OC1C(OC(=O)c2ccccc2)C2C3CCC(C3)C2C1c1ccccc1)c1ccccc1. The number of hydrogen-bond donors (Lipinski definition) is 0. The minimum absolute atomic E-state index is 0.0164. The summed E-state index contributed by atoms with van der Waals surface area (Å²) in [7, 11) is 0. The van der Waals surface area contributed by atoms with Crippen LogP contribution in [-0.2, 0) is 9.47 Å². The van der Waals surface area contributed by atoms with Crippen molar-refractivity contribution in [3.63, 3.8) is 0 Å². The molecule has 34 heavy (non-hydrogen) atoms. The summed E-state index contributed by atoms with van der Waals surface area (Å²) in [6.45, 7) is 0. The molecule has 172 valence electrons. The highest BCUT2D eigenvalue weighted by Gasteiger charge is 2.64. The number of ether oxygens (including phenoxy) is 2. The van der Waals surface area contributed by atoms with Crippen molar-refractivity contribution >= 4 is 11.9 Å². The van der Waals surface area contributed by atoms with Crippen molar-refractivity contribution in [2.75, 3.05) is 0 Å². The van der Waals surface area contributed by atoms with E-state index in [1.165, 1.54) is 12.8 Å². The lowest BCUT2D eigenvalue weighted by Crippen LogP contribution is -2.38. The molecule has 3 aromatic carbocycles. The fraction of sp³-hybridized carbons (Fsp3) is 0.333. The van der Waals surface area contributed by atoms with Gasteiger partial charge in [0.05, 0.1) is 11.1 Å². The average Bonchev–Trinajstić information content (AvgIpc) is 3.59. The van der Waals surface area contributed by atoms with Crippen LogP contribution in [0, 0.1) is 23.7 Å². The maximum Gasteiger partial charge on any atom is 0.338 e. The fourth-order valence-electron chi connectivity index (χ4n) is 6.95. The molecule has 0 N–H and O–H groups in total. The third-order valence-electron chi connectivity index (χ3n) is 8.21. The van der Waals surface area contributed by atoms with E-state index < -0.39 is 12.2 Å². The van der Waals surface area contributed by atoms with Gasteiger partial charge in [-0.05, 0) is 66.8 Å². The quantitative estimate of drug-likeness (QED) is 0.453. The summed E-state index contributed by atoms with van der Waals surface area (Å²) in [5.74, 6) is 0.964. The van der Waals surface area contributed by atoms with Gasteiger partial charge >= 0.3 is 11.9 Å². The van der Waals surface area contributed by atoms with Crippen molar-refractivity contribution in [3.8, 4) is 0 Å². The second-order valence-electron chi connectivity index (χ2n) is 9.90. The minimum atomic E-state index is -0.513. The smallest absolute Gasteiger partial charge is 0.338 e. The van der Waals surface area contributed by atoms with Gasteiger partial charge in [-0.3, -0.25) is 0 Å². The van der Waals surface area contributed by atoms with Crippen LogP contribution >= 0.6 is 0 Å². The number of carbonyl (C=O) groups excluding carboxylic acids is 2. The zero-order valence-corrected chi connectivity index (χ0v) is 19.0. The molecule has 3 aliphatic carbocycles. The van der Waals surface area contributed by atoms with E-state index in [0.717, 1.165) is 12.0 Å². The second kappa shape index (κ2) is 8.75. The fourth-order valence-corrected chi connectivity index (χ4v) is 6.95. The molecule has 0 aromatic heterocycles. The molecular formula is C30H28O4. The second-order valence-corrected chi connectivity index (χ2v) is 9.90. The molecule has 3 fully saturated rings. The first kappa shape index (κ1) is 21.2. The molecule has 4 nitrogen and oxygen atoms in total. The van der Waals surface area contributed by atoms with Crippen LogP contribution in [0.5, 0.6) is 0 Å². The number of hydrogen-bond acceptors (Lipinski definition) is 4. The Morgan fingerprint density at radius 1 is 0.588 bits per heavy atom. The van der Waals surface area contributed by atoms with E-state index in [1.807, 2.05) is 54.6 Å². The van der Waals surface area contributed by atoms with Gasteiger partial charge in [0.15, 0.2) is 0 Å². The topological polar surface area (TPSA) is 52.6 Å². The number of carbonyl (C=O) groups is 2. The Morgan fingerprint density at radius 3 is 1.62 bits per heavy atom. The Kier molecular flexibility index (Phi) is 5.44. The predicted molar refractivity (Wildman–Crippen MR) is 128 cm³/mol. The molecule has 0 amide bonds. The number of fused-ring (bicyclic) bond motifs is 5. The van der Waals surface area contributed by atoms with Gasteiger partial charge in [0.25, 0.3) is 0 Å². The molecule has 0 saturated heterocycles. The van der Waals surface area contributed by atoms with Crippen LogP contribution in [0.1, 0.15) is 51.5 Å². The van der Waals surface area contributed by atoms with E-state index in [1.54, 1.807) is 24.3 Å². The van der Waals surface area contributed by atoms with Gasteiger partial charge in [0.1, 0.15) is 12.2 Å². The largest absolute Gasteiger partial charge is 0.454 e. The van der Waals surface area contributed by atoms with Crippen molar-refractivity contribution < 1.29 is 19.1 Å². The minimum Gasteiger partial charge on any atom is -0.454 e. The molecule has 3 aromatic rings. The molecule has 0 radical (unpaired) electrons. The summed E-state index contributed by atoms with van der Waals surface area (Å²) in [6.07, 6.45) is 2.57. The summed E-state index contributed by atoms with van der Waals surface area (Å²) in [5.41, 5.74) is 2.20. The molecule has 7 atom stereocenters. The summed E-state index contributed by atoms with van der Waals surface area (Å²) in [6, 6.07) is 28.5. The lowest BCUT2D eigenvalue weighted by molar-refractivity contribution is -0.0443. The van der Waals surface area contributed by atoms with E-state index in [0.29, 0.717) is 28.9 Å². The van der Waals surface area contributed by atoms with E-state index in [9.17, 15) is 9.59 Å². The van der Waals surface area contributed by atoms with Crippen LogP contribution in [0.3, 0.4) is 0 Å². The van der Waals surface area contributed by atoms with Crippen LogP contribution in [-0.4, -0.2) is 24.1 Å². The van der Waals surface area contributed by atoms with Crippen molar-refractivity contribution in [1.82, 2.24) is 0 Å². The van der Waals surface area contributed by atoms with Crippen molar-refractivity contribution in [3.05, 3.63) is 108 Å². The standard InChI is InChI=1S/C30H28O4/c31-29(20-12-6-2-7-13-20)33-27-25(19-10-4-1-5-11-19)24-22-16-17-23(18-22)26(24)28(27)34-30(32)21-14-8-3-9-15-21/h1-15,22-28H,16-18H2. The lowest BCUT2D eigenvalue weighted by Gasteiger charge is -2.29. The van der Waals surface area contributed by atoms with Crippen LogP contribution in [0.25, 0.3) is 0 Å². The van der Waals surface area contributed by atoms with Crippen molar-refractivity contribution in [2.24, 2.45) is 23.7 Å². The van der Waals surface area contributed by atoms with Gasteiger partial charge in [-0.1, -0.05) is 66.7 Å². The maximum absolute atomic E-state index is 13.2. The molecule has 3 aliphatic rings. The van der Waals surface area contributed by atoms with Crippen molar-refractivity contribution in [2.45, 2.75) is 37.4 Å². The molecule has 0 heterocycles. The van der Waals surface area contributed by atoms with Gasteiger partial charge in [-0.2, -0.15) is 0 Å². The van der Waals surface area contributed by atoms with Crippen LogP contribution in [0.4, 0.5) is 0 Å². The highest BCUT2D eigenvalue weighted by atomic mass is 16.6. The number of benzene rings is 3. The highest BCUT2D eigenvalue weighted by molar-refractivity contribution is 5.90. The number of esters is 2. The Hall–Kier alpha value is -3.40. The van der Waals surface area contributed by atoms with E-state index >= 15 is 0 Å². The molecular weight excluding hydrogens is 424 g/mol. The first-order valence-electron chi connectivity index (χ1n) is 12.3. The molecule has 0 spiro atoms. The summed E-state index contributed by atoms with van der Waals surface area (Å²) in [4.78, 5) is 26.4. The third kappa shape index (κ3) is 3.62. The molecule has 3 saturated carbocycles. The molecule has 6 rings (SSSR count). The van der Waals surface area contributed by atoms with Gasteiger partial charge in [0, 0.05) is 11.8 Å². The lowest BCUT2D eigenvalue weighted by atomic mass is 9.75. The monoisotopic (exact) mass is 452 g/mol. The van der Waals surface area contributed by atoms with Crippen LogP contribution in [0.2, 0.25) is 0 Å². The van der Waals surface area contributed by atoms with Gasteiger partial charge < -0.3 is 9.47 Å². The van der Waals surface area contributed by atoms with E-state index in [-0.39, 0.29) is 23.8 Å². The predicted octanol–water partition coefficient (Wildman–Crippen LogP) is 5.90. The van der Waals surface area contributed by atoms with Gasteiger partial charge in [-0.15, -0.1) is 0 Å². The third-order valence-corrected chi connectivity index (χ3v) is 8.21. The van der Waals surface area contributed by atoms with E-state index in [2.05, 4.69) is 12.1 Å².